The van der Waals surface area contributed by atoms with Gasteiger partial charge in [-0.15, -0.1) is 0 Å². The number of esters is 1. The molecule has 2 aromatic rings. The molecule has 0 aromatic heterocycles. The van der Waals surface area contributed by atoms with Crippen molar-refractivity contribution in [3.8, 4) is 0 Å². The zero-order valence-electron chi connectivity index (χ0n) is 13.5. The summed E-state index contributed by atoms with van der Waals surface area (Å²) in [4.78, 5) is 22.4. The summed E-state index contributed by atoms with van der Waals surface area (Å²) in [7, 11) is -3.84. The first-order chi connectivity index (χ1) is 11.8. The van der Waals surface area contributed by atoms with Crippen molar-refractivity contribution in [3.63, 3.8) is 0 Å². The van der Waals surface area contributed by atoms with Gasteiger partial charge in [-0.05, 0) is 30.7 Å². The predicted molar refractivity (Wildman–Crippen MR) is 91.1 cm³/mol. The Morgan fingerprint density at radius 3 is 2.44 bits per heavy atom. The monoisotopic (exact) mass is 362 g/mol. The van der Waals surface area contributed by atoms with Crippen molar-refractivity contribution in [3.05, 3.63) is 65.7 Å². The number of amides is 1. The molecule has 0 aliphatic heterocycles. The summed E-state index contributed by atoms with van der Waals surface area (Å²) in [6.45, 7) is 1.15. The first-order valence-corrected chi connectivity index (χ1v) is 8.90. The van der Waals surface area contributed by atoms with Crippen LogP contribution in [0.2, 0.25) is 0 Å². The molecule has 1 atom stereocenters. The minimum Gasteiger partial charge on any atom is -0.452 e. The molecule has 7 nitrogen and oxygen atoms in total. The highest BCUT2D eigenvalue weighted by atomic mass is 32.2. The quantitative estimate of drug-likeness (QED) is 0.722. The average molecular weight is 362 g/mol. The molecule has 132 valence electrons. The number of carbonyl (C=O) groups excluding carboxylic acids is 2. The summed E-state index contributed by atoms with van der Waals surface area (Å²) < 4.78 is 32.3. The molecule has 0 saturated heterocycles. The van der Waals surface area contributed by atoms with Crippen LogP contribution in [0.5, 0.6) is 0 Å². The van der Waals surface area contributed by atoms with Crippen molar-refractivity contribution in [2.24, 2.45) is 5.73 Å². The van der Waals surface area contributed by atoms with Crippen LogP contribution in [0, 0.1) is 0 Å². The Labute approximate surface area is 145 Å². The lowest BCUT2D eigenvalue weighted by atomic mass is 10.1. The molecule has 0 saturated carbocycles. The van der Waals surface area contributed by atoms with E-state index in [4.69, 9.17) is 5.73 Å². The number of primary amides is 1. The number of benzene rings is 2. The van der Waals surface area contributed by atoms with Gasteiger partial charge in [-0.3, -0.25) is 4.79 Å². The Bertz CT molecular complexity index is 866. The van der Waals surface area contributed by atoms with E-state index < -0.39 is 34.5 Å². The molecule has 2 rings (SSSR count). The van der Waals surface area contributed by atoms with Crippen molar-refractivity contribution in [1.82, 2.24) is 4.72 Å². The van der Waals surface area contributed by atoms with Crippen LogP contribution in [-0.4, -0.2) is 26.9 Å². The topological polar surface area (TPSA) is 116 Å². The molecule has 8 heteroatoms. The van der Waals surface area contributed by atoms with E-state index >= 15 is 0 Å². The maximum atomic E-state index is 12.5. The summed E-state index contributed by atoms with van der Waals surface area (Å²) in [6, 6.07) is 14.0. The average Bonchev–Trinajstić information content (AvgIpc) is 2.60. The van der Waals surface area contributed by atoms with Crippen molar-refractivity contribution >= 4 is 21.9 Å². The largest absolute Gasteiger partial charge is 0.452 e. The molecule has 0 spiro atoms. The van der Waals surface area contributed by atoms with Gasteiger partial charge in [0, 0.05) is 6.04 Å². The van der Waals surface area contributed by atoms with Crippen LogP contribution in [0.3, 0.4) is 0 Å². The lowest BCUT2D eigenvalue weighted by Gasteiger charge is -2.15. The molecule has 0 unspecified atom stereocenters. The molecule has 25 heavy (non-hydrogen) atoms. The van der Waals surface area contributed by atoms with Crippen LogP contribution in [0.25, 0.3) is 0 Å². The summed E-state index contributed by atoms with van der Waals surface area (Å²) in [5, 5.41) is 0. The van der Waals surface area contributed by atoms with E-state index in [2.05, 4.69) is 9.46 Å². The van der Waals surface area contributed by atoms with Crippen LogP contribution in [-0.2, 0) is 19.6 Å². The number of rotatable bonds is 7. The maximum Gasteiger partial charge on any atom is 0.338 e. The Morgan fingerprint density at radius 1 is 1.12 bits per heavy atom. The summed E-state index contributed by atoms with van der Waals surface area (Å²) in [6.07, 6.45) is 0. The Balaban J connectivity index is 2.18. The third-order valence-corrected chi connectivity index (χ3v) is 4.90. The minimum atomic E-state index is -3.84. The van der Waals surface area contributed by atoms with Gasteiger partial charge in [0.2, 0.25) is 10.0 Å². The molecule has 0 fully saturated rings. The van der Waals surface area contributed by atoms with Crippen LogP contribution < -0.4 is 10.5 Å². The summed E-state index contributed by atoms with van der Waals surface area (Å²) in [5.74, 6) is -1.62. The zero-order valence-corrected chi connectivity index (χ0v) is 14.3. The van der Waals surface area contributed by atoms with E-state index in [-0.39, 0.29) is 10.5 Å². The number of hydrogen-bond acceptors (Lipinski definition) is 5. The second-order valence-corrected chi connectivity index (χ2v) is 7.04. The van der Waals surface area contributed by atoms with Crippen LogP contribution >= 0.6 is 0 Å². The molecule has 1 amide bonds. The lowest BCUT2D eigenvalue weighted by Crippen LogP contribution is -2.27. The van der Waals surface area contributed by atoms with Crippen molar-refractivity contribution < 1.29 is 22.7 Å². The van der Waals surface area contributed by atoms with Gasteiger partial charge < -0.3 is 10.5 Å². The number of hydrogen-bond donors (Lipinski definition) is 2. The van der Waals surface area contributed by atoms with Crippen molar-refractivity contribution in [1.29, 1.82) is 0 Å². The summed E-state index contributed by atoms with van der Waals surface area (Å²) in [5.41, 5.74) is 5.73. The molecule has 2 aromatic carbocycles. The van der Waals surface area contributed by atoms with Gasteiger partial charge in [0.15, 0.2) is 6.61 Å². The molecular weight excluding hydrogens is 344 g/mol. The smallest absolute Gasteiger partial charge is 0.338 e. The summed E-state index contributed by atoms with van der Waals surface area (Å²) >= 11 is 0. The highest BCUT2D eigenvalue weighted by molar-refractivity contribution is 7.89. The fourth-order valence-electron chi connectivity index (χ4n) is 2.12. The van der Waals surface area contributed by atoms with Gasteiger partial charge in [0.05, 0.1) is 10.5 Å². The second-order valence-electron chi connectivity index (χ2n) is 5.32. The molecular formula is C17H18N2O5S. The molecule has 0 radical (unpaired) electrons. The fourth-order valence-corrected chi connectivity index (χ4v) is 3.40. The maximum absolute atomic E-state index is 12.5. The molecule has 0 bridgehead atoms. The second kappa shape index (κ2) is 7.91. The van der Waals surface area contributed by atoms with E-state index in [1.54, 1.807) is 6.92 Å². The third-order valence-electron chi connectivity index (χ3n) is 3.36. The highest BCUT2D eigenvalue weighted by Gasteiger charge is 2.20. The van der Waals surface area contributed by atoms with E-state index in [1.165, 1.54) is 24.3 Å². The van der Waals surface area contributed by atoms with E-state index in [1.807, 2.05) is 30.3 Å². The third kappa shape index (κ3) is 5.13. The molecule has 3 N–H and O–H groups in total. The number of nitrogens with two attached hydrogens (primary N) is 1. The van der Waals surface area contributed by atoms with Gasteiger partial charge >= 0.3 is 5.97 Å². The van der Waals surface area contributed by atoms with Gasteiger partial charge in [-0.25, -0.2) is 17.9 Å². The Morgan fingerprint density at radius 2 is 1.80 bits per heavy atom. The number of carbonyl (C=O) groups is 2. The van der Waals surface area contributed by atoms with Crippen LogP contribution in [0.4, 0.5) is 0 Å². The Hall–Kier alpha value is -2.71. The zero-order chi connectivity index (χ0) is 18.4. The standard InChI is InChI=1S/C17H18N2O5S/c1-12(13-6-3-2-4-7-13)19-25(22,23)15-9-5-8-14(10-15)17(21)24-11-16(18)20/h2-10,12,19H,11H2,1H3,(H2,18,20)/t12-/m1/s1. The normalized spacial score (nSPS) is 12.4. The molecule has 0 heterocycles. The van der Waals surface area contributed by atoms with Gasteiger partial charge in [0.25, 0.3) is 5.91 Å². The highest BCUT2D eigenvalue weighted by Crippen LogP contribution is 2.18. The first-order valence-electron chi connectivity index (χ1n) is 7.42. The first kappa shape index (κ1) is 18.6. The van der Waals surface area contributed by atoms with E-state index in [0.717, 1.165) is 5.56 Å². The van der Waals surface area contributed by atoms with Crippen LogP contribution in [0.1, 0.15) is 28.9 Å². The molecule has 0 aliphatic carbocycles. The van der Waals surface area contributed by atoms with Crippen LogP contribution in [0.15, 0.2) is 59.5 Å². The van der Waals surface area contributed by atoms with E-state index in [0.29, 0.717) is 0 Å². The number of sulfonamides is 1. The van der Waals surface area contributed by atoms with Crippen molar-refractivity contribution in [2.75, 3.05) is 6.61 Å². The SMILES string of the molecule is C[C@@H](NS(=O)(=O)c1cccc(C(=O)OCC(N)=O)c1)c1ccccc1. The Kier molecular flexibility index (Phi) is 5.89. The van der Waals surface area contributed by atoms with Crippen molar-refractivity contribution in [2.45, 2.75) is 17.9 Å². The number of ether oxygens (including phenoxy) is 1. The number of nitrogens with one attached hydrogen (secondary N) is 1. The van der Waals surface area contributed by atoms with Gasteiger partial charge in [0.1, 0.15) is 0 Å². The minimum absolute atomic E-state index is 0.0106. The van der Waals surface area contributed by atoms with Gasteiger partial charge in [-0.1, -0.05) is 36.4 Å². The lowest BCUT2D eigenvalue weighted by molar-refractivity contribution is -0.121. The van der Waals surface area contributed by atoms with Gasteiger partial charge in [-0.2, -0.15) is 0 Å². The fraction of sp³-hybridized carbons (Fsp3) is 0.176. The molecule has 0 aliphatic rings. The predicted octanol–water partition coefficient (Wildman–Crippen LogP) is 1.37. The van der Waals surface area contributed by atoms with E-state index in [9.17, 15) is 18.0 Å².